The fourth-order valence-corrected chi connectivity index (χ4v) is 4.16. The third-order valence-electron chi connectivity index (χ3n) is 4.02. The Balaban J connectivity index is 1.98. The topological polar surface area (TPSA) is 51.2 Å². The Morgan fingerprint density at radius 2 is 1.70 bits per heavy atom. The van der Waals surface area contributed by atoms with Crippen LogP contribution < -0.4 is 0 Å². The maximum Gasteiger partial charge on any atom is 0.178 e. The first-order valence-electron chi connectivity index (χ1n) is 7.40. The molecule has 1 aliphatic carbocycles. The van der Waals surface area contributed by atoms with Crippen LogP contribution in [0.3, 0.4) is 0 Å². The Labute approximate surface area is 121 Å². The summed E-state index contributed by atoms with van der Waals surface area (Å²) >= 11 is 0. The summed E-state index contributed by atoms with van der Waals surface area (Å²) in [6.45, 7) is 0. The molecule has 0 heterocycles. The molecule has 0 radical (unpaired) electrons. The van der Waals surface area contributed by atoms with E-state index in [1.165, 1.54) is 0 Å². The number of hydrogen-bond donors (Lipinski definition) is 0. The lowest BCUT2D eigenvalue weighted by Crippen LogP contribution is -2.20. The van der Waals surface area contributed by atoms with Crippen molar-refractivity contribution in [1.29, 1.82) is 0 Å². The third-order valence-corrected chi connectivity index (χ3v) is 5.78. The van der Waals surface area contributed by atoms with Gasteiger partial charge in [-0.05, 0) is 31.4 Å². The molecule has 0 aromatic heterocycles. The minimum Gasteiger partial charge on any atom is -0.299 e. The number of benzene rings is 1. The van der Waals surface area contributed by atoms with Crippen molar-refractivity contribution in [2.45, 2.75) is 49.8 Å². The zero-order valence-electron chi connectivity index (χ0n) is 11.8. The summed E-state index contributed by atoms with van der Waals surface area (Å²) in [7, 11) is -3.26. The molecule has 1 unspecified atom stereocenters. The average Bonchev–Trinajstić information content (AvgIpc) is 2.43. The van der Waals surface area contributed by atoms with Crippen LogP contribution in [-0.2, 0) is 14.6 Å². The summed E-state index contributed by atoms with van der Waals surface area (Å²) in [4.78, 5) is 12.4. The second-order valence-electron chi connectivity index (χ2n) is 5.54. The molecule has 1 fully saturated rings. The highest BCUT2D eigenvalue weighted by atomic mass is 32.2. The van der Waals surface area contributed by atoms with Crippen molar-refractivity contribution in [2.24, 2.45) is 5.92 Å². The number of rotatable bonds is 4. The molecule has 0 amide bonds. The molecule has 1 aliphatic rings. The SMILES string of the molecule is O=C1CCCCCCC1CCS(=O)(=O)c1ccccc1. The minimum atomic E-state index is -3.26. The Hall–Kier alpha value is -1.16. The van der Waals surface area contributed by atoms with Crippen LogP contribution in [0.2, 0.25) is 0 Å². The Morgan fingerprint density at radius 1 is 1.00 bits per heavy atom. The number of carbonyl (C=O) groups is 1. The summed E-state index contributed by atoms with van der Waals surface area (Å²) in [5, 5.41) is 0. The Bertz CT molecular complexity index is 534. The summed E-state index contributed by atoms with van der Waals surface area (Å²) in [5.74, 6) is 0.273. The largest absolute Gasteiger partial charge is 0.299 e. The summed E-state index contributed by atoms with van der Waals surface area (Å²) < 4.78 is 24.4. The average molecular weight is 294 g/mol. The highest BCUT2D eigenvalue weighted by Crippen LogP contribution is 2.24. The lowest BCUT2D eigenvalue weighted by atomic mass is 9.88. The first-order valence-corrected chi connectivity index (χ1v) is 9.05. The van der Waals surface area contributed by atoms with Gasteiger partial charge in [0.1, 0.15) is 5.78 Å². The fraction of sp³-hybridized carbons (Fsp3) is 0.562. The van der Waals surface area contributed by atoms with Crippen molar-refractivity contribution in [3.8, 4) is 0 Å². The maximum absolute atomic E-state index is 12.2. The van der Waals surface area contributed by atoms with Crippen molar-refractivity contribution >= 4 is 15.6 Å². The van der Waals surface area contributed by atoms with E-state index in [1.807, 2.05) is 0 Å². The molecule has 3 nitrogen and oxygen atoms in total. The van der Waals surface area contributed by atoms with Crippen molar-refractivity contribution in [3.05, 3.63) is 30.3 Å². The number of hydrogen-bond acceptors (Lipinski definition) is 3. The van der Waals surface area contributed by atoms with Crippen LogP contribution in [0.1, 0.15) is 44.9 Å². The highest BCUT2D eigenvalue weighted by Gasteiger charge is 2.23. The van der Waals surface area contributed by atoms with Gasteiger partial charge in [0.15, 0.2) is 9.84 Å². The first kappa shape index (κ1) is 15.2. The van der Waals surface area contributed by atoms with Gasteiger partial charge in [0, 0.05) is 12.3 Å². The third kappa shape index (κ3) is 4.17. The molecule has 4 heteroatoms. The molecule has 2 rings (SSSR count). The Kier molecular flexibility index (Phi) is 5.35. The molecule has 1 aromatic carbocycles. The smallest absolute Gasteiger partial charge is 0.178 e. The van der Waals surface area contributed by atoms with Crippen LogP contribution in [0.15, 0.2) is 35.2 Å². The summed E-state index contributed by atoms with van der Waals surface area (Å²) in [6, 6.07) is 8.50. The minimum absolute atomic E-state index is 0.0613. The van der Waals surface area contributed by atoms with Crippen molar-refractivity contribution in [1.82, 2.24) is 0 Å². The quantitative estimate of drug-likeness (QED) is 0.855. The normalized spacial score (nSPS) is 21.2. The number of Topliss-reactive ketones (excluding diaryl/α,β-unsaturated/α-hetero) is 1. The van der Waals surface area contributed by atoms with Crippen LogP contribution in [0.25, 0.3) is 0 Å². The summed E-state index contributed by atoms with van der Waals surface area (Å²) in [5.41, 5.74) is 0. The van der Waals surface area contributed by atoms with Gasteiger partial charge in [-0.15, -0.1) is 0 Å². The maximum atomic E-state index is 12.2. The monoisotopic (exact) mass is 294 g/mol. The van der Waals surface area contributed by atoms with Gasteiger partial charge in [0.05, 0.1) is 10.6 Å². The molecule has 0 N–H and O–H groups in total. The van der Waals surface area contributed by atoms with Crippen LogP contribution in [-0.4, -0.2) is 20.0 Å². The van der Waals surface area contributed by atoms with Crippen LogP contribution in [0.5, 0.6) is 0 Å². The predicted octanol–water partition coefficient (Wildman–Crippen LogP) is 3.39. The number of sulfone groups is 1. The van der Waals surface area contributed by atoms with Crippen LogP contribution in [0, 0.1) is 5.92 Å². The molecule has 0 spiro atoms. The zero-order valence-corrected chi connectivity index (χ0v) is 12.6. The molecule has 1 atom stereocenters. The molecular formula is C16H22O3S. The number of ketones is 1. The highest BCUT2D eigenvalue weighted by molar-refractivity contribution is 7.91. The number of carbonyl (C=O) groups excluding carboxylic acids is 1. The fourth-order valence-electron chi connectivity index (χ4n) is 2.76. The van der Waals surface area contributed by atoms with Gasteiger partial charge >= 0.3 is 0 Å². The van der Waals surface area contributed by atoms with E-state index in [4.69, 9.17) is 0 Å². The molecule has 0 aliphatic heterocycles. The van der Waals surface area contributed by atoms with E-state index in [9.17, 15) is 13.2 Å². The van der Waals surface area contributed by atoms with E-state index in [-0.39, 0.29) is 17.5 Å². The molecule has 0 bridgehead atoms. The van der Waals surface area contributed by atoms with Crippen LogP contribution in [0.4, 0.5) is 0 Å². The zero-order chi connectivity index (χ0) is 14.4. The summed E-state index contributed by atoms with van der Waals surface area (Å²) in [6.07, 6.45) is 6.23. The van der Waals surface area contributed by atoms with Gasteiger partial charge in [-0.2, -0.15) is 0 Å². The molecule has 110 valence electrons. The van der Waals surface area contributed by atoms with Crippen molar-refractivity contribution in [2.75, 3.05) is 5.75 Å². The van der Waals surface area contributed by atoms with E-state index in [0.717, 1.165) is 32.1 Å². The lowest BCUT2D eigenvalue weighted by Gasteiger charge is -2.18. The molecule has 0 saturated heterocycles. The van der Waals surface area contributed by atoms with Gasteiger partial charge in [0.25, 0.3) is 0 Å². The van der Waals surface area contributed by atoms with Crippen molar-refractivity contribution in [3.63, 3.8) is 0 Å². The van der Waals surface area contributed by atoms with Crippen LogP contribution >= 0.6 is 0 Å². The molecule has 1 aromatic rings. The molecular weight excluding hydrogens is 272 g/mol. The van der Waals surface area contributed by atoms with E-state index in [1.54, 1.807) is 30.3 Å². The molecule has 1 saturated carbocycles. The van der Waals surface area contributed by atoms with Crippen molar-refractivity contribution < 1.29 is 13.2 Å². The van der Waals surface area contributed by atoms with Gasteiger partial charge in [-0.1, -0.05) is 37.5 Å². The van der Waals surface area contributed by atoms with Gasteiger partial charge in [-0.25, -0.2) is 8.42 Å². The van der Waals surface area contributed by atoms with Gasteiger partial charge in [-0.3, -0.25) is 4.79 Å². The molecule has 20 heavy (non-hydrogen) atoms. The van der Waals surface area contributed by atoms with E-state index in [2.05, 4.69) is 0 Å². The lowest BCUT2D eigenvalue weighted by molar-refractivity contribution is -0.123. The second-order valence-corrected chi connectivity index (χ2v) is 7.65. The van der Waals surface area contributed by atoms with E-state index in [0.29, 0.717) is 17.7 Å². The van der Waals surface area contributed by atoms with E-state index < -0.39 is 9.84 Å². The van der Waals surface area contributed by atoms with E-state index >= 15 is 0 Å². The van der Waals surface area contributed by atoms with Gasteiger partial charge in [0.2, 0.25) is 0 Å². The standard InChI is InChI=1S/C16H22O3S/c17-16-11-7-2-1-4-8-14(16)12-13-20(18,19)15-9-5-3-6-10-15/h3,5-6,9-10,14H,1-2,4,7-8,11-13H2. The second kappa shape index (κ2) is 7.02. The Morgan fingerprint density at radius 3 is 2.45 bits per heavy atom. The first-order chi connectivity index (χ1) is 9.59. The van der Waals surface area contributed by atoms with Gasteiger partial charge < -0.3 is 0 Å². The predicted molar refractivity (Wildman–Crippen MR) is 79.3 cm³/mol.